The van der Waals surface area contributed by atoms with Gasteiger partial charge in [0.15, 0.2) is 11.5 Å². The summed E-state index contributed by atoms with van der Waals surface area (Å²) in [6, 6.07) is 2.82. The van der Waals surface area contributed by atoms with Crippen LogP contribution in [0.15, 0.2) is 12.1 Å². The molecule has 90 valence electrons. The Labute approximate surface area is 94.1 Å². The maximum atomic E-state index is 10.7. The van der Waals surface area contributed by atoms with E-state index in [1.807, 2.05) is 0 Å². The standard InChI is InChI=1S/C9H12N2O4.CH4/c1-14-8-3-6(5-10)7(11(12)13)4-9(8)15-2;/h3-4H,5,10H2,1-2H3;1H4. The zero-order chi connectivity index (χ0) is 11.4. The molecule has 0 bridgehead atoms. The number of hydrogen-bond donors (Lipinski definition) is 1. The third-order valence-electron chi connectivity index (χ3n) is 2.00. The van der Waals surface area contributed by atoms with Crippen molar-refractivity contribution >= 4 is 5.69 Å². The van der Waals surface area contributed by atoms with Crippen LogP contribution in [0.1, 0.15) is 13.0 Å². The molecular weight excluding hydrogens is 212 g/mol. The first kappa shape index (κ1) is 14.2. The fraction of sp³-hybridized carbons (Fsp3) is 0.400. The number of methoxy groups -OCH3 is 2. The lowest BCUT2D eigenvalue weighted by molar-refractivity contribution is -0.385. The Morgan fingerprint density at radius 1 is 1.31 bits per heavy atom. The van der Waals surface area contributed by atoms with Crippen molar-refractivity contribution in [3.63, 3.8) is 0 Å². The molecule has 0 fully saturated rings. The minimum absolute atomic E-state index is 0. The maximum absolute atomic E-state index is 10.7. The zero-order valence-electron chi connectivity index (χ0n) is 8.52. The predicted molar refractivity (Wildman–Crippen MR) is 60.8 cm³/mol. The van der Waals surface area contributed by atoms with E-state index in [9.17, 15) is 10.1 Å². The van der Waals surface area contributed by atoms with Gasteiger partial charge in [-0.25, -0.2) is 0 Å². The molecule has 6 nitrogen and oxygen atoms in total. The van der Waals surface area contributed by atoms with Gasteiger partial charge in [-0.05, 0) is 6.07 Å². The summed E-state index contributed by atoms with van der Waals surface area (Å²) in [6.07, 6.45) is 0. The largest absolute Gasteiger partial charge is 0.493 e. The van der Waals surface area contributed by atoms with Crippen molar-refractivity contribution in [2.24, 2.45) is 5.73 Å². The van der Waals surface area contributed by atoms with Crippen LogP contribution in [0.2, 0.25) is 0 Å². The van der Waals surface area contributed by atoms with E-state index in [0.717, 1.165) is 0 Å². The molecule has 0 amide bonds. The molecule has 1 aromatic rings. The van der Waals surface area contributed by atoms with Gasteiger partial charge < -0.3 is 15.2 Å². The molecule has 0 heterocycles. The van der Waals surface area contributed by atoms with Crippen LogP contribution in [-0.2, 0) is 6.54 Å². The predicted octanol–water partition coefficient (Wildman–Crippen LogP) is 1.71. The molecule has 0 aliphatic heterocycles. The topological polar surface area (TPSA) is 87.6 Å². The lowest BCUT2D eigenvalue weighted by atomic mass is 10.1. The summed E-state index contributed by atoms with van der Waals surface area (Å²) in [5.41, 5.74) is 5.76. The smallest absolute Gasteiger partial charge is 0.277 e. The van der Waals surface area contributed by atoms with Crippen molar-refractivity contribution in [1.29, 1.82) is 0 Å². The minimum Gasteiger partial charge on any atom is -0.493 e. The molecular formula is C10H16N2O4. The maximum Gasteiger partial charge on any atom is 0.277 e. The Hall–Kier alpha value is -1.82. The zero-order valence-corrected chi connectivity index (χ0v) is 8.52. The van der Waals surface area contributed by atoms with Gasteiger partial charge in [0.05, 0.1) is 25.2 Å². The number of ether oxygens (including phenoxy) is 2. The number of hydrogen-bond acceptors (Lipinski definition) is 5. The number of nitrogens with zero attached hydrogens (tertiary/aromatic N) is 1. The molecule has 0 aliphatic carbocycles. The van der Waals surface area contributed by atoms with E-state index in [4.69, 9.17) is 15.2 Å². The molecule has 1 aromatic carbocycles. The summed E-state index contributed by atoms with van der Waals surface area (Å²) in [6.45, 7) is 0.0800. The molecule has 6 heteroatoms. The molecule has 0 aromatic heterocycles. The number of nitrogens with two attached hydrogens (primary N) is 1. The van der Waals surface area contributed by atoms with Gasteiger partial charge in [0.1, 0.15) is 0 Å². The number of rotatable bonds is 4. The van der Waals surface area contributed by atoms with E-state index in [2.05, 4.69) is 0 Å². The number of nitro benzene ring substituents is 1. The summed E-state index contributed by atoms with van der Waals surface area (Å²) in [7, 11) is 2.88. The van der Waals surface area contributed by atoms with Crippen molar-refractivity contribution in [1.82, 2.24) is 0 Å². The van der Waals surface area contributed by atoms with Crippen LogP contribution in [0.4, 0.5) is 5.69 Å². The second-order valence-corrected chi connectivity index (χ2v) is 2.80. The third-order valence-corrected chi connectivity index (χ3v) is 2.00. The van der Waals surface area contributed by atoms with Crippen molar-refractivity contribution in [2.75, 3.05) is 14.2 Å². The summed E-state index contributed by atoms with van der Waals surface area (Å²) >= 11 is 0. The van der Waals surface area contributed by atoms with Crippen LogP contribution in [0.25, 0.3) is 0 Å². The van der Waals surface area contributed by atoms with E-state index in [1.54, 1.807) is 0 Å². The average Bonchev–Trinajstić information content (AvgIpc) is 2.26. The van der Waals surface area contributed by atoms with Gasteiger partial charge in [-0.3, -0.25) is 10.1 Å². The molecule has 16 heavy (non-hydrogen) atoms. The fourth-order valence-electron chi connectivity index (χ4n) is 1.24. The van der Waals surface area contributed by atoms with Crippen LogP contribution in [0, 0.1) is 10.1 Å². The summed E-state index contributed by atoms with van der Waals surface area (Å²) in [4.78, 5) is 10.2. The van der Waals surface area contributed by atoms with E-state index in [-0.39, 0.29) is 19.7 Å². The van der Waals surface area contributed by atoms with Gasteiger partial charge >= 0.3 is 0 Å². The highest BCUT2D eigenvalue weighted by molar-refractivity contribution is 5.54. The van der Waals surface area contributed by atoms with Crippen LogP contribution < -0.4 is 15.2 Å². The average molecular weight is 228 g/mol. The lowest BCUT2D eigenvalue weighted by Crippen LogP contribution is -2.03. The quantitative estimate of drug-likeness (QED) is 0.626. The van der Waals surface area contributed by atoms with Gasteiger partial charge in [0.25, 0.3) is 5.69 Å². The van der Waals surface area contributed by atoms with Gasteiger partial charge in [-0.1, -0.05) is 7.43 Å². The van der Waals surface area contributed by atoms with Crippen molar-refractivity contribution in [3.8, 4) is 11.5 Å². The molecule has 0 unspecified atom stereocenters. The van der Waals surface area contributed by atoms with E-state index in [0.29, 0.717) is 17.1 Å². The molecule has 0 saturated heterocycles. The van der Waals surface area contributed by atoms with E-state index < -0.39 is 4.92 Å². The summed E-state index contributed by atoms with van der Waals surface area (Å²) in [5, 5.41) is 10.7. The van der Waals surface area contributed by atoms with Crippen LogP contribution >= 0.6 is 0 Å². The third kappa shape index (κ3) is 2.60. The second kappa shape index (κ2) is 5.92. The molecule has 0 saturated carbocycles. The fourth-order valence-corrected chi connectivity index (χ4v) is 1.24. The van der Waals surface area contributed by atoms with Crippen LogP contribution in [0.5, 0.6) is 11.5 Å². The molecule has 2 N–H and O–H groups in total. The second-order valence-electron chi connectivity index (χ2n) is 2.80. The lowest BCUT2D eigenvalue weighted by Gasteiger charge is -2.09. The Morgan fingerprint density at radius 3 is 2.19 bits per heavy atom. The van der Waals surface area contributed by atoms with Gasteiger partial charge in [0, 0.05) is 12.1 Å². The normalized spacial score (nSPS) is 9.19. The Kier molecular flexibility index (Phi) is 5.24. The van der Waals surface area contributed by atoms with Crippen molar-refractivity contribution in [2.45, 2.75) is 14.0 Å². The van der Waals surface area contributed by atoms with Gasteiger partial charge in [-0.15, -0.1) is 0 Å². The molecule has 0 aliphatic rings. The molecule has 0 spiro atoms. The number of nitro groups is 1. The van der Waals surface area contributed by atoms with Gasteiger partial charge in [-0.2, -0.15) is 0 Å². The monoisotopic (exact) mass is 228 g/mol. The summed E-state index contributed by atoms with van der Waals surface area (Å²) < 4.78 is 9.97. The SMILES string of the molecule is C.COc1cc(CN)c([N+](=O)[O-])cc1OC. The van der Waals surface area contributed by atoms with Crippen molar-refractivity contribution < 1.29 is 14.4 Å². The van der Waals surface area contributed by atoms with Crippen LogP contribution in [-0.4, -0.2) is 19.1 Å². The minimum atomic E-state index is -0.496. The Bertz CT molecular complexity index is 379. The summed E-state index contributed by atoms with van der Waals surface area (Å²) in [5.74, 6) is 0.755. The van der Waals surface area contributed by atoms with E-state index in [1.165, 1.54) is 26.4 Å². The van der Waals surface area contributed by atoms with E-state index >= 15 is 0 Å². The highest BCUT2D eigenvalue weighted by Gasteiger charge is 2.17. The molecule has 0 atom stereocenters. The number of benzene rings is 1. The first-order valence-corrected chi connectivity index (χ1v) is 4.23. The molecule has 1 rings (SSSR count). The Morgan fingerprint density at radius 2 is 1.81 bits per heavy atom. The van der Waals surface area contributed by atoms with Crippen LogP contribution in [0.3, 0.4) is 0 Å². The highest BCUT2D eigenvalue weighted by Crippen LogP contribution is 2.34. The molecule has 0 radical (unpaired) electrons. The first-order valence-electron chi connectivity index (χ1n) is 4.23. The van der Waals surface area contributed by atoms with Gasteiger partial charge in [0.2, 0.25) is 0 Å². The first-order chi connectivity index (χ1) is 7.13. The Balaban J connectivity index is 0.00000225. The van der Waals surface area contributed by atoms with Crippen molar-refractivity contribution in [3.05, 3.63) is 27.8 Å². The highest BCUT2D eigenvalue weighted by atomic mass is 16.6.